The molecule has 0 amide bonds. The van der Waals surface area contributed by atoms with E-state index in [1.54, 1.807) is 0 Å². The van der Waals surface area contributed by atoms with Gasteiger partial charge in [-0.25, -0.2) is 0 Å². The molecule has 0 bridgehead atoms. The summed E-state index contributed by atoms with van der Waals surface area (Å²) in [5.74, 6) is 2.81. The SMILES string of the molecule is CC(c1nc(C2(C)CC2)no1)C1CNC1. The Morgan fingerprint density at radius 1 is 1.47 bits per heavy atom. The Morgan fingerprint density at radius 2 is 2.20 bits per heavy atom. The zero-order valence-electron chi connectivity index (χ0n) is 9.29. The van der Waals surface area contributed by atoms with Crippen LogP contribution in [0.1, 0.15) is 44.3 Å². The maximum atomic E-state index is 5.36. The highest BCUT2D eigenvalue weighted by Crippen LogP contribution is 2.46. The summed E-state index contributed by atoms with van der Waals surface area (Å²) in [4.78, 5) is 4.54. The first kappa shape index (κ1) is 9.33. The molecule has 2 aliphatic rings. The third-order valence-corrected chi connectivity index (χ3v) is 3.89. The number of nitrogens with zero attached hydrogens (tertiary/aromatic N) is 2. The van der Waals surface area contributed by atoms with Crippen LogP contribution in [0.25, 0.3) is 0 Å². The lowest BCUT2D eigenvalue weighted by Crippen LogP contribution is -2.44. The summed E-state index contributed by atoms with van der Waals surface area (Å²) >= 11 is 0. The van der Waals surface area contributed by atoms with Crippen LogP contribution < -0.4 is 5.32 Å². The molecule has 1 aromatic heterocycles. The van der Waals surface area contributed by atoms with Gasteiger partial charge < -0.3 is 9.84 Å². The molecule has 0 radical (unpaired) electrons. The molecule has 1 saturated carbocycles. The molecule has 15 heavy (non-hydrogen) atoms. The van der Waals surface area contributed by atoms with Crippen molar-refractivity contribution in [3.05, 3.63) is 11.7 Å². The van der Waals surface area contributed by atoms with E-state index in [1.807, 2.05) is 0 Å². The number of hydrogen-bond acceptors (Lipinski definition) is 4. The Hall–Kier alpha value is -0.900. The van der Waals surface area contributed by atoms with Gasteiger partial charge in [0.05, 0.1) is 0 Å². The highest BCUT2D eigenvalue weighted by molar-refractivity contribution is 5.15. The molecule has 1 unspecified atom stereocenters. The van der Waals surface area contributed by atoms with Crippen LogP contribution >= 0.6 is 0 Å². The molecule has 2 fully saturated rings. The normalized spacial score (nSPS) is 26.0. The minimum absolute atomic E-state index is 0.222. The van der Waals surface area contributed by atoms with Gasteiger partial charge in [0.15, 0.2) is 5.82 Å². The van der Waals surface area contributed by atoms with Crippen LogP contribution in [0.15, 0.2) is 4.52 Å². The summed E-state index contributed by atoms with van der Waals surface area (Å²) in [5, 5.41) is 7.38. The van der Waals surface area contributed by atoms with Gasteiger partial charge in [0.25, 0.3) is 0 Å². The predicted octanol–water partition coefficient (Wildman–Crippen LogP) is 1.44. The largest absolute Gasteiger partial charge is 0.339 e. The van der Waals surface area contributed by atoms with E-state index in [4.69, 9.17) is 4.52 Å². The number of hydrogen-bond donors (Lipinski definition) is 1. The number of rotatable bonds is 3. The van der Waals surface area contributed by atoms with E-state index >= 15 is 0 Å². The van der Waals surface area contributed by atoms with E-state index < -0.39 is 0 Å². The van der Waals surface area contributed by atoms with Crippen LogP contribution in [0.4, 0.5) is 0 Å². The lowest BCUT2D eigenvalue weighted by Gasteiger charge is -2.30. The van der Waals surface area contributed by atoms with Crippen LogP contribution in [0.3, 0.4) is 0 Å². The topological polar surface area (TPSA) is 51.0 Å². The first-order valence-electron chi connectivity index (χ1n) is 5.74. The van der Waals surface area contributed by atoms with Crippen molar-refractivity contribution < 1.29 is 4.52 Å². The first-order chi connectivity index (χ1) is 7.19. The van der Waals surface area contributed by atoms with Crippen molar-refractivity contribution in [3.63, 3.8) is 0 Å². The van der Waals surface area contributed by atoms with Crippen molar-refractivity contribution in [2.75, 3.05) is 13.1 Å². The molecule has 1 aromatic rings. The van der Waals surface area contributed by atoms with E-state index in [0.29, 0.717) is 11.8 Å². The minimum Gasteiger partial charge on any atom is -0.339 e. The van der Waals surface area contributed by atoms with Crippen molar-refractivity contribution in [1.82, 2.24) is 15.5 Å². The van der Waals surface area contributed by atoms with Gasteiger partial charge in [-0.1, -0.05) is 19.0 Å². The molecule has 4 nitrogen and oxygen atoms in total. The fraction of sp³-hybridized carbons (Fsp3) is 0.818. The van der Waals surface area contributed by atoms with Gasteiger partial charge in [-0.05, 0) is 31.8 Å². The Kier molecular flexibility index (Phi) is 1.89. The van der Waals surface area contributed by atoms with E-state index in [9.17, 15) is 0 Å². The molecule has 1 aliphatic carbocycles. The molecule has 2 heterocycles. The fourth-order valence-corrected chi connectivity index (χ4v) is 1.94. The highest BCUT2D eigenvalue weighted by Gasteiger charge is 2.44. The van der Waals surface area contributed by atoms with Crippen molar-refractivity contribution in [3.8, 4) is 0 Å². The molecule has 0 spiro atoms. The zero-order valence-corrected chi connectivity index (χ0v) is 9.29. The van der Waals surface area contributed by atoms with Crippen molar-refractivity contribution in [1.29, 1.82) is 0 Å². The van der Waals surface area contributed by atoms with Crippen molar-refractivity contribution in [2.24, 2.45) is 5.92 Å². The third-order valence-electron chi connectivity index (χ3n) is 3.89. The Labute approximate surface area is 89.4 Å². The van der Waals surface area contributed by atoms with Gasteiger partial charge in [-0.3, -0.25) is 0 Å². The van der Waals surface area contributed by atoms with Crippen LogP contribution in [-0.4, -0.2) is 23.2 Å². The van der Waals surface area contributed by atoms with Gasteiger partial charge in [-0.2, -0.15) is 4.98 Å². The standard InChI is InChI=1S/C11H17N3O/c1-7(8-5-12-6-8)9-13-10(14-15-9)11(2)3-4-11/h7-8,12H,3-6H2,1-2H3. The third kappa shape index (κ3) is 1.47. The summed E-state index contributed by atoms with van der Waals surface area (Å²) in [6.07, 6.45) is 2.40. The molecule has 82 valence electrons. The Bertz CT molecular complexity index is 366. The van der Waals surface area contributed by atoms with Crippen LogP contribution in [0.2, 0.25) is 0 Å². The molecule has 1 N–H and O–H groups in total. The molecule has 1 atom stereocenters. The number of nitrogens with one attached hydrogen (secondary N) is 1. The van der Waals surface area contributed by atoms with Gasteiger partial charge in [0, 0.05) is 11.3 Å². The second kappa shape index (κ2) is 3.04. The summed E-state index contributed by atoms with van der Waals surface area (Å²) in [6.45, 7) is 6.54. The maximum Gasteiger partial charge on any atom is 0.229 e. The summed E-state index contributed by atoms with van der Waals surface area (Å²) in [5.41, 5.74) is 0.222. The predicted molar refractivity (Wildman–Crippen MR) is 55.7 cm³/mol. The lowest BCUT2D eigenvalue weighted by atomic mass is 9.89. The molecule has 3 rings (SSSR count). The number of aromatic nitrogens is 2. The molecule has 1 saturated heterocycles. The van der Waals surface area contributed by atoms with Gasteiger partial charge in [0.2, 0.25) is 5.89 Å². The highest BCUT2D eigenvalue weighted by atomic mass is 16.5. The van der Waals surface area contributed by atoms with Gasteiger partial charge >= 0.3 is 0 Å². The Morgan fingerprint density at radius 3 is 2.73 bits per heavy atom. The summed E-state index contributed by atoms with van der Waals surface area (Å²) in [6, 6.07) is 0. The van der Waals surface area contributed by atoms with E-state index in [2.05, 4.69) is 29.3 Å². The van der Waals surface area contributed by atoms with Crippen LogP contribution in [0.5, 0.6) is 0 Å². The molecular formula is C11H17N3O. The smallest absolute Gasteiger partial charge is 0.229 e. The van der Waals surface area contributed by atoms with E-state index in [1.165, 1.54) is 12.8 Å². The second-order valence-electron chi connectivity index (χ2n) is 5.22. The maximum absolute atomic E-state index is 5.36. The molecular weight excluding hydrogens is 190 g/mol. The molecule has 0 aromatic carbocycles. The second-order valence-corrected chi connectivity index (χ2v) is 5.22. The lowest BCUT2D eigenvalue weighted by molar-refractivity contribution is 0.252. The fourth-order valence-electron chi connectivity index (χ4n) is 1.94. The average molecular weight is 207 g/mol. The molecule has 1 aliphatic heterocycles. The Balaban J connectivity index is 1.77. The summed E-state index contributed by atoms with van der Waals surface area (Å²) in [7, 11) is 0. The van der Waals surface area contributed by atoms with E-state index in [-0.39, 0.29) is 5.41 Å². The first-order valence-corrected chi connectivity index (χ1v) is 5.74. The van der Waals surface area contributed by atoms with E-state index in [0.717, 1.165) is 24.8 Å². The van der Waals surface area contributed by atoms with Crippen LogP contribution in [0, 0.1) is 5.92 Å². The van der Waals surface area contributed by atoms with Gasteiger partial charge in [-0.15, -0.1) is 0 Å². The van der Waals surface area contributed by atoms with Crippen molar-refractivity contribution >= 4 is 0 Å². The molecule has 4 heteroatoms. The van der Waals surface area contributed by atoms with Gasteiger partial charge in [0.1, 0.15) is 0 Å². The van der Waals surface area contributed by atoms with Crippen LogP contribution in [-0.2, 0) is 5.41 Å². The summed E-state index contributed by atoms with van der Waals surface area (Å²) < 4.78 is 5.36. The minimum atomic E-state index is 0.222. The van der Waals surface area contributed by atoms with Crippen molar-refractivity contribution in [2.45, 2.75) is 38.0 Å². The zero-order chi connectivity index (χ0) is 10.5. The average Bonchev–Trinajstić information content (AvgIpc) is 2.71. The quantitative estimate of drug-likeness (QED) is 0.815. The monoisotopic (exact) mass is 207 g/mol.